The van der Waals surface area contributed by atoms with Crippen molar-refractivity contribution in [1.82, 2.24) is 4.90 Å². The van der Waals surface area contributed by atoms with Crippen LogP contribution >= 0.6 is 23.4 Å². The van der Waals surface area contributed by atoms with Crippen molar-refractivity contribution >= 4 is 23.4 Å². The molecule has 0 rings (SSSR count). The van der Waals surface area contributed by atoms with Gasteiger partial charge in [-0.05, 0) is 14.1 Å². The fraction of sp³-hybridized carbons (Fsp3) is 1.00. The van der Waals surface area contributed by atoms with Crippen molar-refractivity contribution < 1.29 is 0 Å². The fourth-order valence-corrected chi connectivity index (χ4v) is 1.71. The number of hydrogen-bond donors (Lipinski definition) is 0. The van der Waals surface area contributed by atoms with E-state index >= 15 is 0 Å². The van der Waals surface area contributed by atoms with Crippen LogP contribution in [0.3, 0.4) is 0 Å². The summed E-state index contributed by atoms with van der Waals surface area (Å²) in [5.74, 6) is 1.94. The Kier molecular flexibility index (Phi) is 6.70. The van der Waals surface area contributed by atoms with Crippen LogP contribution in [0.2, 0.25) is 0 Å². The third-order valence-electron chi connectivity index (χ3n) is 1.16. The van der Waals surface area contributed by atoms with Gasteiger partial charge in [-0.2, -0.15) is 11.8 Å². The molecule has 0 heterocycles. The first-order chi connectivity index (χ1) is 4.66. The first-order valence-corrected chi connectivity index (χ1v) is 5.07. The molecule has 0 bridgehead atoms. The lowest BCUT2D eigenvalue weighted by Crippen LogP contribution is -2.16. The van der Waals surface area contributed by atoms with E-state index < -0.39 is 0 Å². The van der Waals surface area contributed by atoms with E-state index in [0.29, 0.717) is 5.25 Å². The van der Waals surface area contributed by atoms with E-state index in [1.165, 1.54) is 5.75 Å². The minimum atomic E-state index is 0.599. The van der Waals surface area contributed by atoms with Crippen molar-refractivity contribution in [1.29, 1.82) is 0 Å². The number of rotatable bonds is 5. The molecule has 1 unspecified atom stereocenters. The van der Waals surface area contributed by atoms with Gasteiger partial charge in [-0.1, -0.05) is 6.92 Å². The molecule has 0 aliphatic heterocycles. The van der Waals surface area contributed by atoms with Gasteiger partial charge in [0.1, 0.15) is 0 Å². The maximum absolute atomic E-state index is 5.63. The Bertz CT molecular complexity index is 78.0. The largest absolute Gasteiger partial charge is 0.309 e. The van der Waals surface area contributed by atoms with Crippen LogP contribution in [-0.4, -0.2) is 42.4 Å². The molecule has 1 atom stereocenters. The van der Waals surface area contributed by atoms with Gasteiger partial charge in [-0.15, -0.1) is 11.6 Å². The Balaban J connectivity index is 3.03. The topological polar surface area (TPSA) is 3.24 Å². The highest BCUT2D eigenvalue weighted by Gasteiger charge is 1.99. The maximum Gasteiger partial charge on any atom is 0.0339 e. The van der Waals surface area contributed by atoms with E-state index in [-0.39, 0.29) is 0 Å². The van der Waals surface area contributed by atoms with E-state index in [9.17, 15) is 0 Å². The lowest BCUT2D eigenvalue weighted by atomic mass is 10.6. The van der Waals surface area contributed by atoms with E-state index in [1.54, 1.807) is 0 Å². The predicted molar refractivity (Wildman–Crippen MR) is 51.2 cm³/mol. The average Bonchev–Trinajstić information content (AvgIpc) is 1.87. The van der Waals surface area contributed by atoms with E-state index in [0.717, 1.165) is 12.4 Å². The molecular formula is C7H16ClNS. The van der Waals surface area contributed by atoms with Crippen molar-refractivity contribution in [3.8, 4) is 0 Å². The van der Waals surface area contributed by atoms with Crippen LogP contribution in [0.1, 0.15) is 6.92 Å². The van der Waals surface area contributed by atoms with Gasteiger partial charge in [0.2, 0.25) is 0 Å². The van der Waals surface area contributed by atoms with Crippen LogP contribution in [0.15, 0.2) is 0 Å². The highest BCUT2D eigenvalue weighted by molar-refractivity contribution is 7.99. The van der Waals surface area contributed by atoms with Crippen LogP contribution in [0.5, 0.6) is 0 Å². The zero-order chi connectivity index (χ0) is 7.98. The van der Waals surface area contributed by atoms with Crippen LogP contribution in [-0.2, 0) is 0 Å². The zero-order valence-electron chi connectivity index (χ0n) is 6.93. The Morgan fingerprint density at radius 3 is 2.50 bits per heavy atom. The molecule has 3 heteroatoms. The quantitative estimate of drug-likeness (QED) is 0.597. The second-order valence-electron chi connectivity index (χ2n) is 2.64. The van der Waals surface area contributed by atoms with Crippen LogP contribution in [0.25, 0.3) is 0 Å². The van der Waals surface area contributed by atoms with Crippen LogP contribution in [0.4, 0.5) is 0 Å². The summed E-state index contributed by atoms with van der Waals surface area (Å²) in [5.41, 5.74) is 0. The van der Waals surface area contributed by atoms with E-state index in [2.05, 4.69) is 25.9 Å². The molecule has 10 heavy (non-hydrogen) atoms. The Morgan fingerprint density at radius 2 is 2.10 bits per heavy atom. The van der Waals surface area contributed by atoms with Crippen molar-refractivity contribution in [3.05, 3.63) is 0 Å². The SMILES string of the molecule is CC(CCl)SCCN(C)C. The third-order valence-corrected chi connectivity index (χ3v) is 2.96. The second kappa shape index (κ2) is 6.32. The first kappa shape index (κ1) is 10.6. The molecule has 0 aliphatic carbocycles. The molecule has 0 aromatic heterocycles. The second-order valence-corrected chi connectivity index (χ2v) is 4.49. The van der Waals surface area contributed by atoms with E-state index in [1.807, 2.05) is 11.8 Å². The van der Waals surface area contributed by atoms with Gasteiger partial charge in [-0.25, -0.2) is 0 Å². The number of nitrogens with zero attached hydrogens (tertiary/aromatic N) is 1. The number of halogens is 1. The maximum atomic E-state index is 5.63. The van der Waals surface area contributed by atoms with E-state index in [4.69, 9.17) is 11.6 Å². The Labute approximate surface area is 73.1 Å². The lowest BCUT2D eigenvalue weighted by Gasteiger charge is -2.10. The van der Waals surface area contributed by atoms with Crippen LogP contribution < -0.4 is 0 Å². The minimum absolute atomic E-state index is 0.599. The van der Waals surface area contributed by atoms with Crippen molar-refractivity contribution in [2.75, 3.05) is 32.3 Å². The molecule has 0 radical (unpaired) electrons. The molecule has 62 valence electrons. The lowest BCUT2D eigenvalue weighted by molar-refractivity contribution is 0.437. The molecule has 0 fully saturated rings. The smallest absolute Gasteiger partial charge is 0.0339 e. The van der Waals surface area contributed by atoms with Crippen LogP contribution in [0, 0.1) is 0 Å². The van der Waals surface area contributed by atoms with Gasteiger partial charge in [0.15, 0.2) is 0 Å². The Morgan fingerprint density at radius 1 is 1.50 bits per heavy atom. The summed E-state index contributed by atoms with van der Waals surface area (Å²) in [4.78, 5) is 2.19. The van der Waals surface area contributed by atoms with Crippen molar-refractivity contribution in [2.45, 2.75) is 12.2 Å². The minimum Gasteiger partial charge on any atom is -0.309 e. The molecule has 0 saturated carbocycles. The number of hydrogen-bond acceptors (Lipinski definition) is 2. The first-order valence-electron chi connectivity index (χ1n) is 3.49. The molecule has 0 aliphatic rings. The molecule has 1 nitrogen and oxygen atoms in total. The molecule has 0 spiro atoms. The van der Waals surface area contributed by atoms with Gasteiger partial charge < -0.3 is 4.90 Å². The summed E-state index contributed by atoms with van der Waals surface area (Å²) in [6.07, 6.45) is 0. The standard InChI is InChI=1S/C7H16ClNS/c1-7(6-8)10-5-4-9(2)3/h7H,4-6H2,1-3H3. The number of thioether (sulfide) groups is 1. The van der Waals surface area contributed by atoms with Crippen molar-refractivity contribution in [3.63, 3.8) is 0 Å². The highest BCUT2D eigenvalue weighted by Crippen LogP contribution is 2.10. The van der Waals surface area contributed by atoms with Gasteiger partial charge in [0, 0.05) is 23.4 Å². The van der Waals surface area contributed by atoms with Gasteiger partial charge in [-0.3, -0.25) is 0 Å². The third kappa shape index (κ3) is 6.72. The Hall–Kier alpha value is 0.600. The summed E-state index contributed by atoms with van der Waals surface area (Å²) in [6, 6.07) is 0. The molecule has 0 saturated heterocycles. The summed E-state index contributed by atoms with van der Waals surface area (Å²) < 4.78 is 0. The molecular weight excluding hydrogens is 166 g/mol. The molecule has 0 N–H and O–H groups in total. The molecule has 0 aromatic carbocycles. The normalized spacial score (nSPS) is 14.1. The molecule has 0 aromatic rings. The predicted octanol–water partition coefficient (Wildman–Crippen LogP) is 1.91. The summed E-state index contributed by atoms with van der Waals surface area (Å²) in [7, 11) is 4.18. The zero-order valence-corrected chi connectivity index (χ0v) is 8.50. The fourth-order valence-electron chi connectivity index (χ4n) is 0.481. The van der Waals surface area contributed by atoms with Gasteiger partial charge >= 0.3 is 0 Å². The highest BCUT2D eigenvalue weighted by atomic mass is 35.5. The number of alkyl halides is 1. The van der Waals surface area contributed by atoms with Gasteiger partial charge in [0.05, 0.1) is 0 Å². The molecule has 0 amide bonds. The average molecular weight is 182 g/mol. The monoisotopic (exact) mass is 181 g/mol. The summed E-state index contributed by atoms with van der Waals surface area (Å²) in [6.45, 7) is 3.30. The van der Waals surface area contributed by atoms with Crippen molar-refractivity contribution in [2.24, 2.45) is 0 Å². The summed E-state index contributed by atoms with van der Waals surface area (Å²) >= 11 is 7.56. The summed E-state index contributed by atoms with van der Waals surface area (Å²) in [5, 5.41) is 0.599. The van der Waals surface area contributed by atoms with Gasteiger partial charge in [0.25, 0.3) is 0 Å².